The van der Waals surface area contributed by atoms with Crippen molar-refractivity contribution in [3.8, 4) is 0 Å². The number of Topliss-reactive ketones (excluding diaryl/α,β-unsaturated/α-hetero) is 1. The molecule has 1 rings (SSSR count). The predicted molar refractivity (Wildman–Crippen MR) is 260 cm³/mol. The Labute approximate surface area is 417 Å². The molecule has 0 unspecified atom stereocenters. The number of amides is 6. The van der Waals surface area contributed by atoms with Gasteiger partial charge in [0, 0.05) is 54.4 Å². The minimum absolute atomic E-state index is 0.0607. The Hall–Kier alpha value is -6.48. The standard InChI is InChI=1S/C50H76N6O15/c1-17-35(58)25-36(41(59)27(4)5)49(67)71-42(28(6)7)39(47(64)56(15)40(48(65)66)32(11)69-16)53-44(61)31(10)54(13)45(62)29(8)51-43(60)30(9)55(14)46(63)38(24-34-21-19-18-20-22-34)70-50(68)37(23-26(2)3)52-33(12)57/h18-23,26-29,31-32,36,38-42,59H,9,17,24-25H2,1-8,10-16H3,(H,51,60)(H,52,57)(H,53,61)(H,65,66)/b37-23+/t29-,31-,32+,36-,38+,39-,40-,41+,42+/m0/s1. The number of aliphatic hydroxyl groups excluding tert-OH is 1. The fourth-order valence-corrected chi connectivity index (χ4v) is 7.13. The first kappa shape index (κ1) is 62.5. The molecular weight excluding hydrogens is 925 g/mol. The van der Waals surface area contributed by atoms with Gasteiger partial charge in [0.2, 0.25) is 23.6 Å². The number of aliphatic carboxylic acids is 1. The zero-order chi connectivity index (χ0) is 54.8. The van der Waals surface area contributed by atoms with Crippen molar-refractivity contribution in [2.45, 2.75) is 144 Å². The van der Waals surface area contributed by atoms with Crippen molar-refractivity contribution in [3.05, 3.63) is 59.9 Å². The molecule has 0 heterocycles. The molecule has 0 aliphatic carbocycles. The average Bonchev–Trinajstić information content (AvgIpc) is 3.31. The maximum Gasteiger partial charge on any atom is 0.355 e. The van der Waals surface area contributed by atoms with E-state index in [1.807, 2.05) is 0 Å². The minimum Gasteiger partial charge on any atom is -0.480 e. The number of benzene rings is 1. The van der Waals surface area contributed by atoms with Gasteiger partial charge in [-0.2, -0.15) is 0 Å². The first-order valence-electron chi connectivity index (χ1n) is 23.4. The second-order valence-corrected chi connectivity index (χ2v) is 18.5. The number of methoxy groups -OCH3 is 1. The topological polar surface area (TPSA) is 285 Å². The number of ketones is 1. The summed E-state index contributed by atoms with van der Waals surface area (Å²) in [5, 5.41) is 28.5. The molecule has 0 saturated heterocycles. The van der Waals surface area contributed by atoms with E-state index >= 15 is 0 Å². The molecule has 1 aromatic carbocycles. The summed E-state index contributed by atoms with van der Waals surface area (Å²) in [6, 6.07) is 2.38. The number of carboxylic acid groups (broad SMARTS) is 1. The van der Waals surface area contributed by atoms with Crippen LogP contribution in [0.25, 0.3) is 0 Å². The smallest absolute Gasteiger partial charge is 0.355 e. The summed E-state index contributed by atoms with van der Waals surface area (Å²) in [4.78, 5) is 137. The number of carbonyl (C=O) groups is 10. The van der Waals surface area contributed by atoms with Gasteiger partial charge in [-0.05, 0) is 44.1 Å². The van der Waals surface area contributed by atoms with Crippen LogP contribution in [-0.4, -0.2) is 161 Å². The lowest BCUT2D eigenvalue weighted by Gasteiger charge is -2.37. The molecule has 5 N–H and O–H groups in total. The van der Waals surface area contributed by atoms with E-state index in [0.29, 0.717) is 5.56 Å². The van der Waals surface area contributed by atoms with E-state index < -0.39 is 125 Å². The van der Waals surface area contributed by atoms with Crippen LogP contribution in [0.15, 0.2) is 54.4 Å². The number of nitrogens with one attached hydrogen (secondary N) is 3. The Bertz CT molecular complexity index is 2110. The molecule has 0 aliphatic rings. The highest BCUT2D eigenvalue weighted by molar-refractivity contribution is 6.01. The largest absolute Gasteiger partial charge is 0.480 e. The quantitative estimate of drug-likeness (QED) is 0.0594. The molecule has 1 aromatic rings. The molecule has 21 heteroatoms. The van der Waals surface area contributed by atoms with Crippen molar-refractivity contribution in [2.75, 3.05) is 28.3 Å². The molecule has 6 amide bonds. The number of carboxylic acids is 1. The number of hydrogen-bond donors (Lipinski definition) is 5. The van der Waals surface area contributed by atoms with Crippen molar-refractivity contribution in [3.63, 3.8) is 0 Å². The third-order valence-corrected chi connectivity index (χ3v) is 11.7. The Kier molecular flexibility index (Phi) is 25.5. The summed E-state index contributed by atoms with van der Waals surface area (Å²) >= 11 is 0. The zero-order valence-corrected chi connectivity index (χ0v) is 43.8. The molecule has 0 aromatic heterocycles. The maximum absolute atomic E-state index is 14.4. The van der Waals surface area contributed by atoms with Gasteiger partial charge in [-0.3, -0.25) is 38.4 Å². The molecular formula is C50H76N6O15. The van der Waals surface area contributed by atoms with Gasteiger partial charge in [-0.1, -0.05) is 91.5 Å². The number of nitrogens with zero attached hydrogens (tertiary/aromatic N) is 3. The fraction of sp³-hybridized carbons (Fsp3) is 0.600. The van der Waals surface area contributed by atoms with Crippen LogP contribution >= 0.6 is 0 Å². The van der Waals surface area contributed by atoms with Crippen molar-refractivity contribution in [2.24, 2.45) is 23.7 Å². The molecule has 396 valence electrons. The first-order chi connectivity index (χ1) is 32.9. The summed E-state index contributed by atoms with van der Waals surface area (Å²) in [5.74, 6) is -11.9. The van der Waals surface area contributed by atoms with Crippen LogP contribution in [0.3, 0.4) is 0 Å². The number of likely N-dealkylation sites (N-methyl/N-ethyl adjacent to an activating group) is 3. The van der Waals surface area contributed by atoms with Crippen LogP contribution in [-0.2, 0) is 68.6 Å². The molecule has 0 aliphatic heterocycles. The van der Waals surface area contributed by atoms with E-state index in [9.17, 15) is 58.2 Å². The van der Waals surface area contributed by atoms with Crippen LogP contribution in [0.1, 0.15) is 94.6 Å². The second kappa shape index (κ2) is 29.0. The third kappa shape index (κ3) is 18.7. The molecule has 0 saturated carbocycles. The number of hydrogen-bond acceptors (Lipinski definition) is 14. The number of carbonyl (C=O) groups excluding carboxylic acids is 9. The Balaban J connectivity index is 3.52. The lowest BCUT2D eigenvalue weighted by Crippen LogP contribution is -2.63. The van der Waals surface area contributed by atoms with Gasteiger partial charge in [-0.15, -0.1) is 0 Å². The zero-order valence-electron chi connectivity index (χ0n) is 43.8. The number of allylic oxidation sites excluding steroid dienone is 1. The summed E-state index contributed by atoms with van der Waals surface area (Å²) in [7, 11) is 4.84. The Morgan fingerprint density at radius 2 is 1.37 bits per heavy atom. The van der Waals surface area contributed by atoms with E-state index in [0.717, 1.165) is 21.7 Å². The molecule has 0 bridgehead atoms. The van der Waals surface area contributed by atoms with E-state index in [2.05, 4.69) is 22.5 Å². The molecule has 9 atom stereocenters. The summed E-state index contributed by atoms with van der Waals surface area (Å²) < 4.78 is 16.7. The monoisotopic (exact) mass is 1000 g/mol. The van der Waals surface area contributed by atoms with Crippen LogP contribution in [0.4, 0.5) is 0 Å². The summed E-state index contributed by atoms with van der Waals surface area (Å²) in [6.07, 6.45) is -4.42. The molecule has 0 spiro atoms. The lowest BCUT2D eigenvalue weighted by atomic mass is 9.88. The predicted octanol–water partition coefficient (Wildman–Crippen LogP) is 2.14. The van der Waals surface area contributed by atoms with Gasteiger partial charge in [0.15, 0.2) is 12.1 Å². The van der Waals surface area contributed by atoms with Gasteiger partial charge in [0.1, 0.15) is 41.4 Å². The van der Waals surface area contributed by atoms with Crippen LogP contribution in [0.2, 0.25) is 0 Å². The number of rotatable bonds is 28. The van der Waals surface area contributed by atoms with Gasteiger partial charge in [-0.25, -0.2) is 9.59 Å². The Morgan fingerprint density at radius 3 is 1.85 bits per heavy atom. The number of esters is 2. The normalized spacial score (nSPS) is 15.3. The van der Waals surface area contributed by atoms with Gasteiger partial charge >= 0.3 is 17.9 Å². The van der Waals surface area contributed by atoms with E-state index in [1.165, 1.54) is 55.0 Å². The molecule has 21 nitrogen and oxygen atoms in total. The van der Waals surface area contributed by atoms with Crippen LogP contribution < -0.4 is 16.0 Å². The van der Waals surface area contributed by atoms with Crippen LogP contribution in [0.5, 0.6) is 0 Å². The highest BCUT2D eigenvalue weighted by Crippen LogP contribution is 2.24. The van der Waals surface area contributed by atoms with Crippen molar-refractivity contribution in [1.29, 1.82) is 0 Å². The Morgan fingerprint density at radius 1 is 0.789 bits per heavy atom. The SMILES string of the molecule is C=C(C(=O)N[C@@H](C)C(=O)N(C)[C@@H](C)C(=O)N[C@H](C(=O)N(C)[C@H](C(=O)O)[C@@H](C)OC)[C@H](OC(=O)[C@@H](CC(=O)CC)[C@H](O)C(C)C)C(C)C)N(C)C(=O)[C@@H](Cc1ccccc1)OC(=O)/C(=C\C(C)C)NC(C)=O. The van der Waals surface area contributed by atoms with E-state index in [-0.39, 0.29) is 36.7 Å². The minimum atomic E-state index is -1.80. The highest BCUT2D eigenvalue weighted by Gasteiger charge is 2.44. The third-order valence-electron chi connectivity index (χ3n) is 11.7. The summed E-state index contributed by atoms with van der Waals surface area (Å²) in [5.41, 5.74) is -0.0488. The molecule has 71 heavy (non-hydrogen) atoms. The number of aliphatic hydroxyl groups is 1. The fourth-order valence-electron chi connectivity index (χ4n) is 7.13. The van der Waals surface area contributed by atoms with Crippen molar-refractivity contribution in [1.82, 2.24) is 30.7 Å². The first-order valence-corrected chi connectivity index (χ1v) is 23.4. The average molecular weight is 1000 g/mol. The van der Waals surface area contributed by atoms with Crippen molar-refractivity contribution < 1.29 is 72.4 Å². The second-order valence-electron chi connectivity index (χ2n) is 18.5. The van der Waals surface area contributed by atoms with E-state index in [1.54, 1.807) is 78.8 Å². The van der Waals surface area contributed by atoms with Gasteiger partial charge in [0.25, 0.3) is 11.8 Å². The molecule has 0 radical (unpaired) electrons. The lowest BCUT2D eigenvalue weighted by molar-refractivity contribution is -0.170. The van der Waals surface area contributed by atoms with Crippen LogP contribution in [0, 0.1) is 23.7 Å². The summed E-state index contributed by atoms with van der Waals surface area (Å²) in [6.45, 7) is 20.5. The highest BCUT2D eigenvalue weighted by atomic mass is 16.6. The van der Waals surface area contributed by atoms with E-state index in [4.69, 9.17) is 14.2 Å². The molecule has 0 fully saturated rings. The van der Waals surface area contributed by atoms with Crippen molar-refractivity contribution >= 4 is 59.1 Å². The number of ether oxygens (including phenoxy) is 3. The van der Waals surface area contributed by atoms with Gasteiger partial charge < -0.3 is 55.1 Å². The van der Waals surface area contributed by atoms with Gasteiger partial charge in [0.05, 0.1) is 18.1 Å². The maximum atomic E-state index is 14.4.